The summed E-state index contributed by atoms with van der Waals surface area (Å²) in [5.74, 6) is -1.38. The molecule has 4 rings (SSSR count). The number of benzene rings is 1. The van der Waals surface area contributed by atoms with Gasteiger partial charge in [0.1, 0.15) is 17.2 Å². The first kappa shape index (κ1) is 20.2. The number of likely N-dealkylation sites (tertiary alicyclic amines) is 1. The number of carboxylic acids is 1. The number of carbonyl (C=O) groups excluding carboxylic acids is 1. The minimum absolute atomic E-state index is 0.122. The normalized spacial score (nSPS) is 17.2. The van der Waals surface area contributed by atoms with Crippen LogP contribution in [0.3, 0.4) is 0 Å². The molecule has 0 aliphatic carbocycles. The van der Waals surface area contributed by atoms with Crippen LogP contribution < -0.4 is 5.63 Å². The van der Waals surface area contributed by atoms with Gasteiger partial charge >= 0.3 is 11.6 Å². The van der Waals surface area contributed by atoms with Crippen LogP contribution in [0, 0.1) is 6.92 Å². The van der Waals surface area contributed by atoms with Gasteiger partial charge in [-0.05, 0) is 36.8 Å². The Labute approximate surface area is 173 Å². The summed E-state index contributed by atoms with van der Waals surface area (Å²) in [5, 5.41) is 11.0. The molecule has 1 aromatic carbocycles. The van der Waals surface area contributed by atoms with Gasteiger partial charge in [0.2, 0.25) is 5.91 Å². The van der Waals surface area contributed by atoms with Gasteiger partial charge < -0.3 is 18.8 Å². The average molecular weight is 411 g/mol. The first-order valence-electron chi connectivity index (χ1n) is 10.1. The zero-order chi connectivity index (χ0) is 21.8. The molecule has 2 aromatic heterocycles. The molecular formula is C23H25NO6. The van der Waals surface area contributed by atoms with Gasteiger partial charge in [0.05, 0.1) is 18.2 Å². The highest BCUT2D eigenvalue weighted by Crippen LogP contribution is 2.35. The van der Waals surface area contributed by atoms with Gasteiger partial charge in [-0.1, -0.05) is 20.8 Å². The van der Waals surface area contributed by atoms with E-state index in [4.69, 9.17) is 8.83 Å². The lowest BCUT2D eigenvalue weighted by atomic mass is 9.86. The molecule has 30 heavy (non-hydrogen) atoms. The van der Waals surface area contributed by atoms with Crippen molar-refractivity contribution >= 4 is 33.8 Å². The predicted octanol–water partition coefficient (Wildman–Crippen LogP) is 3.76. The van der Waals surface area contributed by atoms with Gasteiger partial charge in [-0.25, -0.2) is 9.59 Å². The number of hydrogen-bond donors (Lipinski definition) is 1. The second-order valence-corrected chi connectivity index (χ2v) is 9.00. The predicted molar refractivity (Wildman–Crippen MR) is 112 cm³/mol. The van der Waals surface area contributed by atoms with Crippen molar-refractivity contribution in [3.63, 3.8) is 0 Å². The average Bonchev–Trinajstić information content (AvgIpc) is 3.30. The van der Waals surface area contributed by atoms with Crippen molar-refractivity contribution < 1.29 is 23.5 Å². The molecule has 1 N–H and O–H groups in total. The molecule has 0 radical (unpaired) electrons. The molecule has 1 aliphatic rings. The molecular weight excluding hydrogens is 386 g/mol. The Morgan fingerprint density at radius 2 is 1.93 bits per heavy atom. The lowest BCUT2D eigenvalue weighted by Gasteiger charge is -2.21. The Kier molecular flexibility index (Phi) is 4.71. The van der Waals surface area contributed by atoms with E-state index in [9.17, 15) is 19.5 Å². The van der Waals surface area contributed by atoms with E-state index in [-0.39, 0.29) is 23.3 Å². The summed E-state index contributed by atoms with van der Waals surface area (Å²) in [6, 6.07) is 2.82. The summed E-state index contributed by atoms with van der Waals surface area (Å²) < 4.78 is 11.2. The molecule has 1 amide bonds. The van der Waals surface area contributed by atoms with Crippen molar-refractivity contribution in [1.29, 1.82) is 0 Å². The highest BCUT2D eigenvalue weighted by molar-refractivity contribution is 5.97. The smallest absolute Gasteiger partial charge is 0.340 e. The van der Waals surface area contributed by atoms with Crippen molar-refractivity contribution in [2.24, 2.45) is 0 Å². The third kappa shape index (κ3) is 3.28. The van der Waals surface area contributed by atoms with Crippen LogP contribution in [0.25, 0.3) is 21.9 Å². The quantitative estimate of drug-likeness (QED) is 0.659. The third-order valence-electron chi connectivity index (χ3n) is 5.98. The number of aliphatic carboxylic acids is 1. The van der Waals surface area contributed by atoms with E-state index < -0.39 is 17.6 Å². The van der Waals surface area contributed by atoms with Gasteiger partial charge in [-0.2, -0.15) is 0 Å². The summed E-state index contributed by atoms with van der Waals surface area (Å²) in [5.41, 5.74) is 2.32. The fourth-order valence-corrected chi connectivity index (χ4v) is 4.27. The number of fused-ring (bicyclic) bond motifs is 2. The SMILES string of the molecule is Cc1c(CC(=O)N2CCCC2C(=O)O)c(=O)oc2cc3occ(C(C)(C)C)c3cc12. The maximum atomic E-state index is 12.8. The van der Waals surface area contributed by atoms with Gasteiger partial charge in [-0.3, -0.25) is 4.79 Å². The largest absolute Gasteiger partial charge is 0.480 e. The fourth-order valence-electron chi connectivity index (χ4n) is 4.27. The van der Waals surface area contributed by atoms with E-state index in [0.717, 1.165) is 16.3 Å². The van der Waals surface area contributed by atoms with Crippen molar-refractivity contribution in [2.45, 2.75) is 58.4 Å². The first-order chi connectivity index (χ1) is 14.1. The lowest BCUT2D eigenvalue weighted by Crippen LogP contribution is -2.41. The maximum absolute atomic E-state index is 12.8. The van der Waals surface area contributed by atoms with E-state index in [1.807, 2.05) is 6.07 Å². The molecule has 1 aliphatic heterocycles. The number of nitrogens with zero attached hydrogens (tertiary/aromatic N) is 1. The maximum Gasteiger partial charge on any atom is 0.340 e. The summed E-state index contributed by atoms with van der Waals surface area (Å²) in [6.07, 6.45) is 2.62. The number of hydrogen-bond acceptors (Lipinski definition) is 5. The minimum Gasteiger partial charge on any atom is -0.480 e. The van der Waals surface area contributed by atoms with Crippen LogP contribution in [0.2, 0.25) is 0 Å². The second kappa shape index (κ2) is 7.00. The Balaban J connectivity index is 1.79. The van der Waals surface area contributed by atoms with E-state index in [2.05, 4.69) is 20.8 Å². The molecule has 7 heteroatoms. The highest BCUT2D eigenvalue weighted by Gasteiger charge is 2.34. The Morgan fingerprint density at radius 3 is 2.60 bits per heavy atom. The summed E-state index contributed by atoms with van der Waals surface area (Å²) in [7, 11) is 0. The second-order valence-electron chi connectivity index (χ2n) is 9.00. The Hall–Kier alpha value is -3.09. The number of carboxylic acid groups (broad SMARTS) is 1. The van der Waals surface area contributed by atoms with Crippen LogP contribution in [-0.2, 0) is 21.4 Å². The Morgan fingerprint density at radius 1 is 1.20 bits per heavy atom. The number of aryl methyl sites for hydroxylation is 1. The van der Waals surface area contributed by atoms with E-state index in [1.54, 1.807) is 19.3 Å². The van der Waals surface area contributed by atoms with Gasteiger partial charge in [0.15, 0.2) is 0 Å². The molecule has 1 atom stereocenters. The molecule has 7 nitrogen and oxygen atoms in total. The molecule has 0 saturated carbocycles. The van der Waals surface area contributed by atoms with Gasteiger partial charge in [0, 0.05) is 28.9 Å². The molecule has 1 fully saturated rings. The summed E-state index contributed by atoms with van der Waals surface area (Å²) >= 11 is 0. The van der Waals surface area contributed by atoms with Crippen LogP contribution in [0.5, 0.6) is 0 Å². The zero-order valence-corrected chi connectivity index (χ0v) is 17.6. The molecule has 3 heterocycles. The summed E-state index contributed by atoms with van der Waals surface area (Å²) in [6.45, 7) is 8.47. The number of amides is 1. The molecule has 0 bridgehead atoms. The van der Waals surface area contributed by atoms with Crippen LogP contribution in [0.15, 0.2) is 32.0 Å². The number of rotatable bonds is 3. The van der Waals surface area contributed by atoms with Crippen LogP contribution >= 0.6 is 0 Å². The highest BCUT2D eigenvalue weighted by atomic mass is 16.4. The first-order valence-corrected chi connectivity index (χ1v) is 10.1. The monoisotopic (exact) mass is 411 g/mol. The molecule has 3 aromatic rings. The number of carbonyl (C=O) groups is 2. The zero-order valence-electron chi connectivity index (χ0n) is 17.6. The van der Waals surface area contributed by atoms with Crippen LogP contribution in [0.1, 0.15) is 50.3 Å². The molecule has 0 spiro atoms. The van der Waals surface area contributed by atoms with Crippen LogP contribution in [0.4, 0.5) is 0 Å². The van der Waals surface area contributed by atoms with E-state index in [1.165, 1.54) is 4.90 Å². The van der Waals surface area contributed by atoms with Gasteiger partial charge in [-0.15, -0.1) is 0 Å². The molecule has 158 valence electrons. The third-order valence-corrected chi connectivity index (χ3v) is 5.98. The standard InChI is InChI=1S/C23H25NO6/c1-12-13-8-15-16(23(2,3)4)11-29-18(15)10-19(13)30-22(28)14(12)9-20(25)24-7-5-6-17(24)21(26)27/h8,10-11,17H,5-7,9H2,1-4H3,(H,26,27). The van der Waals surface area contributed by atoms with E-state index in [0.29, 0.717) is 36.1 Å². The number of furan rings is 1. The molecule has 1 unspecified atom stereocenters. The van der Waals surface area contributed by atoms with Gasteiger partial charge in [0.25, 0.3) is 0 Å². The van der Waals surface area contributed by atoms with Crippen molar-refractivity contribution in [3.8, 4) is 0 Å². The van der Waals surface area contributed by atoms with Crippen LogP contribution in [-0.4, -0.2) is 34.5 Å². The van der Waals surface area contributed by atoms with Crippen molar-refractivity contribution in [1.82, 2.24) is 4.90 Å². The minimum atomic E-state index is -1.01. The Bertz CT molecular complexity index is 1230. The van der Waals surface area contributed by atoms with Crippen molar-refractivity contribution in [3.05, 3.63) is 45.5 Å². The summed E-state index contributed by atoms with van der Waals surface area (Å²) in [4.78, 5) is 38.2. The van der Waals surface area contributed by atoms with Crippen molar-refractivity contribution in [2.75, 3.05) is 6.54 Å². The molecule has 1 saturated heterocycles. The van der Waals surface area contributed by atoms with E-state index >= 15 is 0 Å². The lowest BCUT2D eigenvalue weighted by molar-refractivity contribution is -0.148. The fraction of sp³-hybridized carbons (Fsp3) is 0.435. The topological polar surface area (TPSA) is 101 Å².